The Balaban J connectivity index is 0.00000147. The summed E-state index contributed by atoms with van der Waals surface area (Å²) in [6.07, 6.45) is 2.16. The van der Waals surface area contributed by atoms with Crippen molar-refractivity contribution in [2.24, 2.45) is 5.92 Å². The molecule has 0 radical (unpaired) electrons. The maximum atomic E-state index is 12.6. The van der Waals surface area contributed by atoms with Crippen LogP contribution in [0.4, 0.5) is 0 Å². The lowest BCUT2D eigenvalue weighted by atomic mass is 9.93. The molecule has 2 unspecified atom stereocenters. The zero-order chi connectivity index (χ0) is 13.4. The second-order valence-corrected chi connectivity index (χ2v) is 6.06. The molecule has 1 aromatic carbocycles. The van der Waals surface area contributed by atoms with Crippen molar-refractivity contribution in [2.75, 3.05) is 19.6 Å². The second kappa shape index (κ2) is 6.52. The molecule has 2 heterocycles. The maximum Gasteiger partial charge on any atom is 0.256 e. The fraction of sp³-hybridized carbons (Fsp3) is 0.500. The molecule has 0 spiro atoms. The number of fused-ring (bicyclic) bond motifs is 1. The van der Waals surface area contributed by atoms with Gasteiger partial charge in [-0.1, -0.05) is 29.3 Å². The van der Waals surface area contributed by atoms with Crippen LogP contribution in [0.3, 0.4) is 0 Å². The summed E-state index contributed by atoms with van der Waals surface area (Å²) in [7, 11) is 0. The van der Waals surface area contributed by atoms with Crippen LogP contribution in [0.1, 0.15) is 23.2 Å². The van der Waals surface area contributed by atoms with E-state index in [-0.39, 0.29) is 18.3 Å². The molecule has 2 saturated heterocycles. The van der Waals surface area contributed by atoms with Crippen LogP contribution < -0.4 is 5.32 Å². The second-order valence-electron chi connectivity index (χ2n) is 5.25. The van der Waals surface area contributed by atoms with Gasteiger partial charge in [0.2, 0.25) is 0 Å². The van der Waals surface area contributed by atoms with E-state index in [9.17, 15) is 4.79 Å². The van der Waals surface area contributed by atoms with Gasteiger partial charge in [0.25, 0.3) is 5.91 Å². The summed E-state index contributed by atoms with van der Waals surface area (Å²) < 4.78 is 0. The van der Waals surface area contributed by atoms with Crippen LogP contribution in [0.25, 0.3) is 0 Å². The lowest BCUT2D eigenvalue weighted by Crippen LogP contribution is -2.47. The molecule has 0 saturated carbocycles. The third-order valence-electron chi connectivity index (χ3n) is 4.12. The van der Waals surface area contributed by atoms with E-state index in [0.717, 1.165) is 32.5 Å². The Morgan fingerprint density at radius 3 is 2.65 bits per heavy atom. The van der Waals surface area contributed by atoms with Crippen LogP contribution in [0.15, 0.2) is 18.2 Å². The van der Waals surface area contributed by atoms with Crippen LogP contribution in [0, 0.1) is 5.92 Å². The summed E-state index contributed by atoms with van der Waals surface area (Å²) in [6, 6.07) is 5.76. The zero-order valence-electron chi connectivity index (χ0n) is 10.9. The van der Waals surface area contributed by atoms with Crippen molar-refractivity contribution < 1.29 is 4.79 Å². The number of rotatable bonds is 1. The predicted octanol–water partition coefficient (Wildman–Crippen LogP) is 3.24. The first kappa shape index (κ1) is 15.9. The minimum absolute atomic E-state index is 0. The summed E-state index contributed by atoms with van der Waals surface area (Å²) in [5.41, 5.74) is 0.440. The third kappa shape index (κ3) is 2.91. The van der Waals surface area contributed by atoms with Crippen LogP contribution in [-0.2, 0) is 0 Å². The molecule has 1 amide bonds. The van der Waals surface area contributed by atoms with Gasteiger partial charge >= 0.3 is 0 Å². The summed E-state index contributed by atoms with van der Waals surface area (Å²) in [4.78, 5) is 14.5. The lowest BCUT2D eigenvalue weighted by molar-refractivity contribution is 0.0662. The first-order valence-electron chi connectivity index (χ1n) is 6.63. The molecule has 2 aliphatic heterocycles. The molecule has 3 nitrogen and oxygen atoms in total. The highest BCUT2D eigenvalue weighted by molar-refractivity contribution is 6.39. The Bertz CT molecular complexity index is 489. The smallest absolute Gasteiger partial charge is 0.256 e. The van der Waals surface area contributed by atoms with Gasteiger partial charge in [-0.15, -0.1) is 12.4 Å². The fourth-order valence-corrected chi connectivity index (χ4v) is 3.65. The van der Waals surface area contributed by atoms with E-state index in [0.29, 0.717) is 27.6 Å². The highest BCUT2D eigenvalue weighted by atomic mass is 35.5. The van der Waals surface area contributed by atoms with Gasteiger partial charge in [-0.2, -0.15) is 0 Å². The number of carbonyl (C=O) groups is 1. The van der Waals surface area contributed by atoms with Crippen LogP contribution in [0.2, 0.25) is 10.0 Å². The molecule has 2 fully saturated rings. The van der Waals surface area contributed by atoms with Gasteiger partial charge in [-0.05, 0) is 37.4 Å². The van der Waals surface area contributed by atoms with Gasteiger partial charge in [0.05, 0.1) is 15.6 Å². The summed E-state index contributed by atoms with van der Waals surface area (Å²) in [5, 5.41) is 4.36. The van der Waals surface area contributed by atoms with Crippen LogP contribution >= 0.6 is 35.6 Å². The molecule has 1 aromatic rings. The molecule has 20 heavy (non-hydrogen) atoms. The number of piperidine rings is 1. The Kier molecular flexibility index (Phi) is 5.19. The van der Waals surface area contributed by atoms with Gasteiger partial charge in [0.1, 0.15) is 0 Å². The van der Waals surface area contributed by atoms with Gasteiger partial charge in [0.15, 0.2) is 0 Å². The van der Waals surface area contributed by atoms with Gasteiger partial charge in [-0.25, -0.2) is 0 Å². The monoisotopic (exact) mass is 334 g/mol. The molecule has 110 valence electrons. The van der Waals surface area contributed by atoms with E-state index >= 15 is 0 Å². The third-order valence-corrected chi connectivity index (χ3v) is 4.75. The number of nitrogens with one attached hydrogen (secondary N) is 1. The molecular weight excluding hydrogens is 319 g/mol. The fourth-order valence-electron chi connectivity index (χ4n) is 3.09. The van der Waals surface area contributed by atoms with Crippen molar-refractivity contribution in [1.82, 2.24) is 10.2 Å². The van der Waals surface area contributed by atoms with Crippen molar-refractivity contribution >= 4 is 41.5 Å². The topological polar surface area (TPSA) is 32.3 Å². The standard InChI is InChI=1S/C14H16Cl2N2O.ClH/c15-10-2-1-3-11(16)13(10)14(19)18-7-5-12-9(8-18)4-6-17-12;/h1-3,9,12,17H,4-8H2;1H. The minimum Gasteiger partial charge on any atom is -0.338 e. The normalized spacial score (nSPS) is 25.0. The Morgan fingerprint density at radius 1 is 1.25 bits per heavy atom. The van der Waals surface area contributed by atoms with E-state index in [4.69, 9.17) is 23.2 Å². The van der Waals surface area contributed by atoms with Crippen LogP contribution in [-0.4, -0.2) is 36.5 Å². The average Bonchev–Trinajstić information content (AvgIpc) is 2.85. The van der Waals surface area contributed by atoms with Crippen molar-refractivity contribution in [3.05, 3.63) is 33.8 Å². The number of hydrogen-bond donors (Lipinski definition) is 1. The van der Waals surface area contributed by atoms with E-state index in [2.05, 4.69) is 5.32 Å². The number of hydrogen-bond acceptors (Lipinski definition) is 2. The Labute approximate surface area is 135 Å². The van der Waals surface area contributed by atoms with E-state index in [1.54, 1.807) is 18.2 Å². The van der Waals surface area contributed by atoms with Gasteiger partial charge < -0.3 is 10.2 Å². The van der Waals surface area contributed by atoms with E-state index < -0.39 is 0 Å². The van der Waals surface area contributed by atoms with Gasteiger partial charge in [-0.3, -0.25) is 4.79 Å². The van der Waals surface area contributed by atoms with Gasteiger partial charge in [0, 0.05) is 19.1 Å². The largest absolute Gasteiger partial charge is 0.338 e. The van der Waals surface area contributed by atoms with E-state index in [1.807, 2.05) is 4.90 Å². The van der Waals surface area contributed by atoms with Crippen LogP contribution in [0.5, 0.6) is 0 Å². The zero-order valence-corrected chi connectivity index (χ0v) is 13.3. The molecule has 0 aromatic heterocycles. The summed E-state index contributed by atoms with van der Waals surface area (Å²) in [6.45, 7) is 2.64. The van der Waals surface area contributed by atoms with E-state index in [1.165, 1.54) is 0 Å². The Morgan fingerprint density at radius 2 is 1.95 bits per heavy atom. The summed E-state index contributed by atoms with van der Waals surface area (Å²) in [5.74, 6) is 0.528. The molecule has 0 aliphatic carbocycles. The van der Waals surface area contributed by atoms with Crippen molar-refractivity contribution in [3.8, 4) is 0 Å². The first-order chi connectivity index (χ1) is 9.16. The quantitative estimate of drug-likeness (QED) is 0.854. The number of likely N-dealkylation sites (tertiary alicyclic amines) is 1. The maximum absolute atomic E-state index is 12.6. The average molecular weight is 336 g/mol. The molecule has 2 aliphatic rings. The highest BCUT2D eigenvalue weighted by Crippen LogP contribution is 2.29. The molecule has 3 rings (SSSR count). The molecule has 6 heteroatoms. The number of nitrogens with zero attached hydrogens (tertiary/aromatic N) is 1. The highest BCUT2D eigenvalue weighted by Gasteiger charge is 2.35. The first-order valence-corrected chi connectivity index (χ1v) is 7.39. The van der Waals surface area contributed by atoms with Crippen molar-refractivity contribution in [2.45, 2.75) is 18.9 Å². The lowest BCUT2D eigenvalue weighted by Gasteiger charge is -2.35. The molecule has 2 atom stereocenters. The summed E-state index contributed by atoms with van der Waals surface area (Å²) >= 11 is 12.2. The SMILES string of the molecule is Cl.O=C(c1c(Cl)cccc1Cl)N1CCC2NCCC2C1. The minimum atomic E-state index is -0.0408. The van der Waals surface area contributed by atoms with Crippen molar-refractivity contribution in [1.29, 1.82) is 0 Å². The predicted molar refractivity (Wildman–Crippen MR) is 84.1 cm³/mol. The van der Waals surface area contributed by atoms with Crippen molar-refractivity contribution in [3.63, 3.8) is 0 Å². The Hall–Kier alpha value is -0.480. The number of carbonyl (C=O) groups excluding carboxylic acids is 1. The number of halogens is 3. The number of amides is 1. The molecule has 0 bridgehead atoms. The number of benzene rings is 1. The molecular formula is C14H17Cl3N2O. The molecule has 1 N–H and O–H groups in total.